The Balaban J connectivity index is 1.29. The smallest absolute Gasteiger partial charge is 0.239 e. The number of hydrogen-bond donors (Lipinski definition) is 1. The lowest BCUT2D eigenvalue weighted by Crippen LogP contribution is -2.64. The Morgan fingerprint density at radius 2 is 1.42 bits per heavy atom. The molecule has 0 heterocycles. The molecule has 4 fully saturated rings. The highest BCUT2D eigenvalue weighted by atomic mass is 16.2. The molecule has 0 radical (unpaired) electrons. The van der Waals surface area contributed by atoms with Crippen LogP contribution < -0.4 is 5.23 Å². The first-order valence-corrected chi connectivity index (χ1v) is 20.3. The van der Waals surface area contributed by atoms with Crippen LogP contribution in [0.15, 0.2) is 23.3 Å². The second-order valence-electron chi connectivity index (χ2n) is 19.8. The number of carbonyl (C=O) groups is 2. The zero-order chi connectivity index (χ0) is 34.6. The Kier molecular flexibility index (Phi) is 9.79. The van der Waals surface area contributed by atoms with E-state index in [0.717, 1.165) is 58.8 Å². The van der Waals surface area contributed by atoms with Crippen LogP contribution in [0.5, 0.6) is 0 Å². The molecule has 0 aromatic heterocycles. The van der Waals surface area contributed by atoms with Crippen molar-refractivity contribution in [3.05, 3.63) is 23.3 Å². The van der Waals surface area contributed by atoms with Crippen molar-refractivity contribution in [3.8, 4) is 6.07 Å². The lowest BCUT2D eigenvalue weighted by Gasteiger charge is -2.70. The SMILES string of the molecule is CC1(C)CCC2(C(=O)NBC3CCCCCCCCCCC3)CC[C@]3(C)C(=CCC4[C@@]5(C)C=C(C#N)C(=O)C(C)(C)[C@@H]5CC[C@]43C)[C@@H]2C1. The summed E-state index contributed by atoms with van der Waals surface area (Å²) in [5.41, 5.74) is 1.20. The molecular weight excluding hydrogens is 587 g/mol. The van der Waals surface area contributed by atoms with Crippen molar-refractivity contribution in [2.24, 2.45) is 50.2 Å². The van der Waals surface area contributed by atoms with Gasteiger partial charge >= 0.3 is 0 Å². The van der Waals surface area contributed by atoms with Gasteiger partial charge in [0.1, 0.15) is 6.07 Å². The first-order chi connectivity index (χ1) is 22.6. The third kappa shape index (κ3) is 5.80. The van der Waals surface area contributed by atoms with Crippen LogP contribution in [0.3, 0.4) is 0 Å². The van der Waals surface area contributed by atoms with E-state index in [-0.39, 0.29) is 44.7 Å². The van der Waals surface area contributed by atoms with Gasteiger partial charge in [0, 0.05) is 5.41 Å². The van der Waals surface area contributed by atoms with Gasteiger partial charge in [-0.25, -0.2) is 0 Å². The highest BCUT2D eigenvalue weighted by molar-refractivity contribution is 6.39. The summed E-state index contributed by atoms with van der Waals surface area (Å²) >= 11 is 0. The molecule has 6 aliphatic rings. The number of fused-ring (bicyclic) bond motifs is 7. The van der Waals surface area contributed by atoms with Gasteiger partial charge in [-0.3, -0.25) is 9.59 Å². The fourth-order valence-electron chi connectivity index (χ4n) is 13.1. The summed E-state index contributed by atoms with van der Waals surface area (Å²) in [7, 11) is 0.856. The summed E-state index contributed by atoms with van der Waals surface area (Å²) in [6.07, 6.45) is 27.8. The van der Waals surface area contributed by atoms with E-state index in [1.54, 1.807) is 5.57 Å². The van der Waals surface area contributed by atoms with Gasteiger partial charge in [-0.05, 0) is 96.6 Å². The van der Waals surface area contributed by atoms with E-state index in [1.807, 2.05) is 0 Å². The number of amides is 1. The molecular formula is C43H67BN2O2. The molecule has 2 unspecified atom stereocenters. The van der Waals surface area contributed by atoms with Crippen LogP contribution in [-0.2, 0) is 9.59 Å². The molecule has 48 heavy (non-hydrogen) atoms. The first kappa shape index (κ1) is 36.0. The number of allylic oxidation sites excluding steroid dienone is 4. The minimum Gasteiger partial charge on any atom is -0.402 e. The highest BCUT2D eigenvalue weighted by Crippen LogP contribution is 2.75. The second kappa shape index (κ2) is 13.1. The first-order valence-electron chi connectivity index (χ1n) is 20.3. The molecule has 0 aromatic rings. The van der Waals surface area contributed by atoms with Gasteiger partial charge in [0.15, 0.2) is 5.78 Å². The van der Waals surface area contributed by atoms with Crippen LogP contribution in [0, 0.1) is 61.6 Å². The number of ketones is 1. The van der Waals surface area contributed by atoms with Crippen molar-refractivity contribution in [2.75, 3.05) is 0 Å². The quantitative estimate of drug-likeness (QED) is 0.243. The monoisotopic (exact) mass is 655 g/mol. The fraction of sp³-hybridized carbons (Fsp3) is 0.837. The fourth-order valence-corrected chi connectivity index (χ4v) is 13.1. The summed E-state index contributed by atoms with van der Waals surface area (Å²) < 4.78 is 0. The van der Waals surface area contributed by atoms with E-state index in [0.29, 0.717) is 23.2 Å². The molecule has 6 rings (SSSR count). The number of nitrogens with zero attached hydrogens (tertiary/aromatic N) is 1. The van der Waals surface area contributed by atoms with Crippen LogP contribution in [0.25, 0.3) is 0 Å². The average molecular weight is 655 g/mol. The molecule has 6 aliphatic carbocycles. The molecule has 0 spiro atoms. The largest absolute Gasteiger partial charge is 0.402 e. The van der Waals surface area contributed by atoms with Gasteiger partial charge in [-0.2, -0.15) is 5.26 Å². The van der Waals surface area contributed by atoms with Gasteiger partial charge in [0.2, 0.25) is 13.3 Å². The lowest BCUT2D eigenvalue weighted by molar-refractivity contribution is -0.165. The molecule has 264 valence electrons. The molecule has 0 saturated heterocycles. The van der Waals surface area contributed by atoms with Crippen LogP contribution in [0.2, 0.25) is 5.82 Å². The Hall–Kier alpha value is -1.83. The molecule has 0 aliphatic heterocycles. The number of carbonyl (C=O) groups excluding carboxylic acids is 2. The summed E-state index contributed by atoms with van der Waals surface area (Å²) in [5, 5.41) is 13.7. The van der Waals surface area contributed by atoms with Gasteiger partial charge in [-0.15, -0.1) is 0 Å². The highest BCUT2D eigenvalue weighted by Gasteiger charge is 2.69. The summed E-state index contributed by atoms with van der Waals surface area (Å²) in [4.78, 5) is 28.2. The van der Waals surface area contributed by atoms with Crippen molar-refractivity contribution in [3.63, 3.8) is 0 Å². The van der Waals surface area contributed by atoms with Crippen molar-refractivity contribution >= 4 is 19.1 Å². The Morgan fingerprint density at radius 1 is 0.812 bits per heavy atom. The van der Waals surface area contributed by atoms with E-state index < -0.39 is 5.41 Å². The molecule has 0 bridgehead atoms. The third-order valence-corrected chi connectivity index (χ3v) is 16.3. The minimum atomic E-state index is -0.526. The van der Waals surface area contributed by atoms with Crippen molar-refractivity contribution < 1.29 is 9.59 Å². The zero-order valence-electron chi connectivity index (χ0n) is 31.9. The molecule has 4 saturated carbocycles. The molecule has 4 nitrogen and oxygen atoms in total. The van der Waals surface area contributed by atoms with Gasteiger partial charge in [-0.1, -0.05) is 137 Å². The van der Waals surface area contributed by atoms with Gasteiger partial charge in [0.05, 0.1) is 11.0 Å². The van der Waals surface area contributed by atoms with Crippen LogP contribution in [0.4, 0.5) is 0 Å². The molecule has 0 aromatic carbocycles. The topological polar surface area (TPSA) is 70.0 Å². The van der Waals surface area contributed by atoms with E-state index in [4.69, 9.17) is 0 Å². The Bertz CT molecular complexity index is 1360. The number of rotatable bonds is 3. The van der Waals surface area contributed by atoms with Crippen molar-refractivity contribution in [2.45, 2.75) is 176 Å². The average Bonchev–Trinajstić information content (AvgIpc) is 3.02. The summed E-state index contributed by atoms with van der Waals surface area (Å²) in [5.74, 6) is 1.89. The number of Topliss-reactive ketones (excluding diaryl/α,β-unsaturated/α-hetero) is 1. The molecule has 1 N–H and O–H groups in total. The van der Waals surface area contributed by atoms with Crippen LogP contribution in [0.1, 0.15) is 170 Å². The Labute approximate surface area is 294 Å². The lowest BCUT2D eigenvalue weighted by atomic mass is 9.34. The predicted octanol–water partition coefficient (Wildman–Crippen LogP) is 10.6. The summed E-state index contributed by atoms with van der Waals surface area (Å²) in [6, 6.07) is 2.31. The van der Waals surface area contributed by atoms with E-state index in [1.165, 1.54) is 70.6 Å². The van der Waals surface area contributed by atoms with Gasteiger partial charge in [0.25, 0.3) is 0 Å². The van der Waals surface area contributed by atoms with Gasteiger partial charge < -0.3 is 5.23 Å². The number of hydrogen-bond acceptors (Lipinski definition) is 3. The maximum absolute atomic E-state index is 14.7. The van der Waals surface area contributed by atoms with Crippen LogP contribution in [-0.4, -0.2) is 19.1 Å². The maximum Gasteiger partial charge on any atom is 0.239 e. The molecule has 5 heteroatoms. The standard InChI is InChI=1S/C43H67BN2O2/c1-38(2)23-25-43(37(48)46-44-31-17-15-13-11-9-8-10-12-14-16-18-31)26-24-41(6)32(33(43)28-38)19-20-35-40(5)27-30(29-45)36(47)39(3,4)34(40)21-22-42(35,41)7/h19,27,31,33-35,44H,8-18,20-26,28H2,1-7H3,(H,46,48)/t33-,34-,35?,40-,41+,42+,43?/m0/s1. The van der Waals surface area contributed by atoms with Crippen LogP contribution >= 0.6 is 0 Å². The maximum atomic E-state index is 14.7. The third-order valence-electron chi connectivity index (χ3n) is 16.3. The predicted molar refractivity (Wildman–Crippen MR) is 198 cm³/mol. The number of nitrogens with one attached hydrogen (secondary N) is 1. The molecule has 7 atom stereocenters. The van der Waals surface area contributed by atoms with E-state index in [9.17, 15) is 14.9 Å². The zero-order valence-corrected chi connectivity index (χ0v) is 31.9. The number of nitriles is 1. The second-order valence-corrected chi connectivity index (χ2v) is 19.8. The molecule has 1 amide bonds. The van der Waals surface area contributed by atoms with Crippen molar-refractivity contribution in [1.29, 1.82) is 5.26 Å². The minimum absolute atomic E-state index is 0.00548. The summed E-state index contributed by atoms with van der Waals surface area (Å²) in [6.45, 7) is 16.5. The van der Waals surface area contributed by atoms with E-state index >= 15 is 0 Å². The van der Waals surface area contributed by atoms with Crippen molar-refractivity contribution in [1.82, 2.24) is 5.23 Å². The van der Waals surface area contributed by atoms with E-state index in [2.05, 4.69) is 71.9 Å². The normalized spacial score (nSPS) is 41.6. The Morgan fingerprint density at radius 3 is 2.04 bits per heavy atom.